The molecule has 0 saturated carbocycles. The van der Waals surface area contributed by atoms with Crippen LogP contribution in [0.4, 0.5) is 5.69 Å². The normalized spacial score (nSPS) is 9.53. The maximum Gasteiger partial charge on any atom is 0.224 e. The van der Waals surface area contributed by atoms with E-state index in [9.17, 15) is 4.79 Å². The Bertz CT molecular complexity index is 511. The number of nitrogens with one attached hydrogen (secondary N) is 1. The van der Waals surface area contributed by atoms with E-state index in [1.807, 2.05) is 43.3 Å². The Morgan fingerprint density at radius 2 is 1.63 bits per heavy atom. The molecule has 0 aliphatic heterocycles. The summed E-state index contributed by atoms with van der Waals surface area (Å²) >= 11 is 0. The van der Waals surface area contributed by atoms with Gasteiger partial charge in [-0.2, -0.15) is 0 Å². The lowest BCUT2D eigenvalue weighted by atomic mass is 10.1. The van der Waals surface area contributed by atoms with Crippen LogP contribution in [-0.2, 0) is 4.79 Å². The van der Waals surface area contributed by atoms with Crippen LogP contribution in [0.25, 0.3) is 11.1 Å². The van der Waals surface area contributed by atoms with Gasteiger partial charge in [0.2, 0.25) is 5.91 Å². The Hall–Kier alpha value is -1.87. The quantitative estimate of drug-likeness (QED) is 0.920. The van der Waals surface area contributed by atoms with E-state index in [1.165, 1.54) is 0 Å². The Labute approximate surface area is 119 Å². The number of benzene rings is 1. The highest BCUT2D eigenvalue weighted by atomic mass is 35.5. The third kappa shape index (κ3) is 4.38. The van der Waals surface area contributed by atoms with Gasteiger partial charge < -0.3 is 5.32 Å². The van der Waals surface area contributed by atoms with E-state index in [2.05, 4.69) is 10.3 Å². The van der Waals surface area contributed by atoms with Crippen molar-refractivity contribution in [3.63, 3.8) is 0 Å². The van der Waals surface area contributed by atoms with E-state index in [4.69, 9.17) is 0 Å². The standard InChI is InChI=1S/C15H16N2O.ClH/c1-2-3-15(18)17-14-6-4-12(5-7-14)13-8-10-16-11-9-13;/h4-11H,2-3H2,1H3,(H,17,18);1H. The number of carbonyl (C=O) groups excluding carboxylic acids is 1. The van der Waals surface area contributed by atoms with Gasteiger partial charge in [0.1, 0.15) is 0 Å². The molecule has 100 valence electrons. The van der Waals surface area contributed by atoms with Crippen molar-refractivity contribution in [1.29, 1.82) is 0 Å². The molecule has 0 aliphatic carbocycles. The second kappa shape index (κ2) is 7.54. The summed E-state index contributed by atoms with van der Waals surface area (Å²) in [5.41, 5.74) is 3.08. The number of nitrogens with zero attached hydrogens (tertiary/aromatic N) is 1. The number of anilines is 1. The molecule has 4 heteroatoms. The van der Waals surface area contributed by atoms with Crippen LogP contribution in [0.2, 0.25) is 0 Å². The van der Waals surface area contributed by atoms with Crippen LogP contribution in [0.3, 0.4) is 0 Å². The zero-order valence-corrected chi connectivity index (χ0v) is 11.6. The van der Waals surface area contributed by atoms with Gasteiger partial charge in [0.05, 0.1) is 0 Å². The summed E-state index contributed by atoms with van der Waals surface area (Å²) in [5, 5.41) is 2.87. The first kappa shape index (κ1) is 15.2. The second-order valence-electron chi connectivity index (χ2n) is 4.11. The molecule has 19 heavy (non-hydrogen) atoms. The smallest absolute Gasteiger partial charge is 0.224 e. The first-order valence-electron chi connectivity index (χ1n) is 6.10. The molecule has 0 fully saturated rings. The number of halogens is 1. The molecule has 1 aromatic carbocycles. The minimum atomic E-state index is 0. The van der Waals surface area contributed by atoms with Crippen LogP contribution in [-0.4, -0.2) is 10.9 Å². The first-order chi connectivity index (χ1) is 8.79. The molecule has 1 aromatic heterocycles. The number of hydrogen-bond acceptors (Lipinski definition) is 2. The predicted octanol–water partition coefficient (Wildman–Crippen LogP) is 3.91. The first-order valence-corrected chi connectivity index (χ1v) is 6.10. The Morgan fingerprint density at radius 1 is 1.05 bits per heavy atom. The van der Waals surface area contributed by atoms with Crippen molar-refractivity contribution in [3.8, 4) is 11.1 Å². The van der Waals surface area contributed by atoms with E-state index in [-0.39, 0.29) is 18.3 Å². The van der Waals surface area contributed by atoms with E-state index in [1.54, 1.807) is 12.4 Å². The van der Waals surface area contributed by atoms with E-state index in [0.717, 1.165) is 23.2 Å². The molecule has 1 N–H and O–H groups in total. The molecule has 0 saturated heterocycles. The topological polar surface area (TPSA) is 42.0 Å². The van der Waals surface area contributed by atoms with Crippen molar-refractivity contribution in [1.82, 2.24) is 4.98 Å². The molecule has 0 bridgehead atoms. The van der Waals surface area contributed by atoms with Crippen LogP contribution < -0.4 is 5.32 Å². The predicted molar refractivity (Wildman–Crippen MR) is 80.5 cm³/mol. The molecule has 0 aliphatic rings. The Kier molecular flexibility index (Phi) is 6.03. The number of hydrogen-bond donors (Lipinski definition) is 1. The van der Waals surface area contributed by atoms with E-state index < -0.39 is 0 Å². The van der Waals surface area contributed by atoms with E-state index in [0.29, 0.717) is 6.42 Å². The summed E-state index contributed by atoms with van der Waals surface area (Å²) in [6.45, 7) is 1.99. The van der Waals surface area contributed by atoms with Gasteiger partial charge in [-0.25, -0.2) is 0 Å². The van der Waals surface area contributed by atoms with Gasteiger partial charge >= 0.3 is 0 Å². The summed E-state index contributed by atoms with van der Waals surface area (Å²) in [5.74, 6) is 0.0640. The Balaban J connectivity index is 0.00000180. The number of pyridine rings is 1. The molecule has 0 atom stereocenters. The number of rotatable bonds is 4. The maximum absolute atomic E-state index is 11.4. The van der Waals surface area contributed by atoms with Crippen LogP contribution >= 0.6 is 12.4 Å². The summed E-state index contributed by atoms with van der Waals surface area (Å²) < 4.78 is 0. The van der Waals surface area contributed by atoms with Gasteiger partial charge in [-0.3, -0.25) is 9.78 Å². The van der Waals surface area contributed by atoms with Crippen LogP contribution in [0.5, 0.6) is 0 Å². The number of carbonyl (C=O) groups is 1. The Morgan fingerprint density at radius 3 is 2.21 bits per heavy atom. The fourth-order valence-electron chi connectivity index (χ4n) is 1.74. The molecular weight excluding hydrogens is 260 g/mol. The summed E-state index contributed by atoms with van der Waals surface area (Å²) in [6, 6.07) is 11.8. The van der Waals surface area contributed by atoms with Crippen LogP contribution in [0, 0.1) is 0 Å². The van der Waals surface area contributed by atoms with Crippen molar-refractivity contribution in [3.05, 3.63) is 48.8 Å². The third-order valence-electron chi connectivity index (χ3n) is 2.66. The zero-order chi connectivity index (χ0) is 12.8. The molecule has 0 radical (unpaired) electrons. The third-order valence-corrected chi connectivity index (χ3v) is 2.66. The second-order valence-corrected chi connectivity index (χ2v) is 4.11. The highest BCUT2D eigenvalue weighted by Gasteiger charge is 2.01. The van der Waals surface area contributed by atoms with Gasteiger partial charge in [0.25, 0.3) is 0 Å². The van der Waals surface area contributed by atoms with Gasteiger partial charge in [-0.1, -0.05) is 19.1 Å². The minimum absolute atomic E-state index is 0. The lowest BCUT2D eigenvalue weighted by Gasteiger charge is -2.06. The lowest BCUT2D eigenvalue weighted by Crippen LogP contribution is -2.10. The molecule has 2 aromatic rings. The minimum Gasteiger partial charge on any atom is -0.326 e. The molecule has 0 spiro atoms. The largest absolute Gasteiger partial charge is 0.326 e. The highest BCUT2D eigenvalue weighted by Crippen LogP contribution is 2.20. The maximum atomic E-state index is 11.4. The van der Waals surface area contributed by atoms with Crippen molar-refractivity contribution in [2.45, 2.75) is 19.8 Å². The van der Waals surface area contributed by atoms with Crippen molar-refractivity contribution in [2.24, 2.45) is 0 Å². The van der Waals surface area contributed by atoms with Crippen LogP contribution in [0.15, 0.2) is 48.8 Å². The van der Waals surface area contributed by atoms with Crippen LogP contribution in [0.1, 0.15) is 19.8 Å². The average Bonchev–Trinajstić information content (AvgIpc) is 2.41. The van der Waals surface area contributed by atoms with Gasteiger partial charge in [0, 0.05) is 24.5 Å². The SMILES string of the molecule is CCCC(=O)Nc1ccc(-c2ccncc2)cc1.Cl. The summed E-state index contributed by atoms with van der Waals surface area (Å²) in [4.78, 5) is 15.4. The van der Waals surface area contributed by atoms with Gasteiger partial charge in [0.15, 0.2) is 0 Å². The highest BCUT2D eigenvalue weighted by molar-refractivity contribution is 5.90. The van der Waals surface area contributed by atoms with Crippen molar-refractivity contribution >= 4 is 24.0 Å². The van der Waals surface area contributed by atoms with Crippen molar-refractivity contribution in [2.75, 3.05) is 5.32 Å². The van der Waals surface area contributed by atoms with Crippen molar-refractivity contribution < 1.29 is 4.79 Å². The zero-order valence-electron chi connectivity index (χ0n) is 10.8. The van der Waals surface area contributed by atoms with Gasteiger partial charge in [-0.05, 0) is 41.8 Å². The molecule has 2 rings (SSSR count). The fourth-order valence-corrected chi connectivity index (χ4v) is 1.74. The molecule has 0 unspecified atom stereocenters. The molecule has 1 heterocycles. The molecule has 3 nitrogen and oxygen atoms in total. The molecular formula is C15H17ClN2O. The number of aromatic nitrogens is 1. The molecule has 1 amide bonds. The average molecular weight is 277 g/mol. The lowest BCUT2D eigenvalue weighted by molar-refractivity contribution is -0.116. The fraction of sp³-hybridized carbons (Fsp3) is 0.200. The van der Waals surface area contributed by atoms with E-state index >= 15 is 0 Å². The van der Waals surface area contributed by atoms with Gasteiger partial charge in [-0.15, -0.1) is 12.4 Å². The monoisotopic (exact) mass is 276 g/mol. The number of amides is 1. The summed E-state index contributed by atoms with van der Waals surface area (Å²) in [6.07, 6.45) is 4.96. The summed E-state index contributed by atoms with van der Waals surface area (Å²) in [7, 11) is 0.